The SMILES string of the molecule is Clc1ccc(-c2cnc(Nc3ccc4[nH]ncc4c3)o2)cc1. The van der Waals surface area contributed by atoms with Crippen molar-refractivity contribution in [3.8, 4) is 11.3 Å². The summed E-state index contributed by atoms with van der Waals surface area (Å²) in [5, 5.41) is 11.8. The van der Waals surface area contributed by atoms with Gasteiger partial charge >= 0.3 is 0 Å². The smallest absolute Gasteiger partial charge is 0.299 e. The van der Waals surface area contributed by atoms with E-state index in [1.54, 1.807) is 12.4 Å². The Morgan fingerprint density at radius 2 is 1.91 bits per heavy atom. The Morgan fingerprint density at radius 3 is 2.77 bits per heavy atom. The first-order valence-electron chi connectivity index (χ1n) is 6.70. The Morgan fingerprint density at radius 1 is 1.05 bits per heavy atom. The first-order valence-corrected chi connectivity index (χ1v) is 7.08. The van der Waals surface area contributed by atoms with Gasteiger partial charge in [-0.3, -0.25) is 5.10 Å². The van der Waals surface area contributed by atoms with Crippen molar-refractivity contribution in [1.82, 2.24) is 15.2 Å². The Balaban J connectivity index is 1.59. The largest absolute Gasteiger partial charge is 0.423 e. The Hall–Kier alpha value is -2.79. The molecule has 2 N–H and O–H groups in total. The molecule has 2 aromatic carbocycles. The molecule has 0 aliphatic heterocycles. The van der Waals surface area contributed by atoms with Gasteiger partial charge in [0.15, 0.2) is 5.76 Å². The van der Waals surface area contributed by atoms with E-state index in [9.17, 15) is 0 Å². The van der Waals surface area contributed by atoms with Gasteiger partial charge in [0.1, 0.15) is 0 Å². The maximum absolute atomic E-state index is 5.88. The van der Waals surface area contributed by atoms with Gasteiger partial charge in [0, 0.05) is 21.7 Å². The Bertz CT molecular complexity index is 927. The van der Waals surface area contributed by atoms with Crippen LogP contribution in [-0.4, -0.2) is 15.2 Å². The zero-order chi connectivity index (χ0) is 14.9. The van der Waals surface area contributed by atoms with Gasteiger partial charge in [-0.05, 0) is 42.5 Å². The molecule has 108 valence electrons. The van der Waals surface area contributed by atoms with E-state index >= 15 is 0 Å². The zero-order valence-electron chi connectivity index (χ0n) is 11.4. The van der Waals surface area contributed by atoms with Gasteiger partial charge in [-0.1, -0.05) is 11.6 Å². The summed E-state index contributed by atoms with van der Waals surface area (Å²) in [7, 11) is 0. The minimum Gasteiger partial charge on any atom is -0.423 e. The van der Waals surface area contributed by atoms with Gasteiger partial charge in [0.25, 0.3) is 6.01 Å². The minimum absolute atomic E-state index is 0.438. The van der Waals surface area contributed by atoms with Crippen LogP contribution in [0, 0.1) is 0 Å². The summed E-state index contributed by atoms with van der Waals surface area (Å²) >= 11 is 5.88. The van der Waals surface area contributed by atoms with Crippen LogP contribution in [0.25, 0.3) is 22.2 Å². The number of hydrogen-bond acceptors (Lipinski definition) is 4. The molecule has 5 nitrogen and oxygen atoms in total. The summed E-state index contributed by atoms with van der Waals surface area (Å²) in [4.78, 5) is 4.24. The summed E-state index contributed by atoms with van der Waals surface area (Å²) < 4.78 is 5.72. The number of anilines is 2. The van der Waals surface area contributed by atoms with Crippen molar-refractivity contribution >= 4 is 34.2 Å². The number of halogens is 1. The lowest BCUT2D eigenvalue weighted by molar-refractivity contribution is 0.592. The number of hydrogen-bond donors (Lipinski definition) is 2. The van der Waals surface area contributed by atoms with E-state index in [0.29, 0.717) is 16.8 Å². The third-order valence-corrected chi connectivity index (χ3v) is 3.58. The van der Waals surface area contributed by atoms with Crippen LogP contribution in [0.5, 0.6) is 0 Å². The number of nitrogens with one attached hydrogen (secondary N) is 2. The van der Waals surface area contributed by atoms with E-state index in [0.717, 1.165) is 22.2 Å². The van der Waals surface area contributed by atoms with Crippen molar-refractivity contribution in [3.63, 3.8) is 0 Å². The molecule has 2 aromatic heterocycles. The summed E-state index contributed by atoms with van der Waals surface area (Å²) in [5.74, 6) is 0.684. The average Bonchev–Trinajstić information content (AvgIpc) is 3.17. The number of benzene rings is 2. The predicted octanol–water partition coefficient (Wildman–Crippen LogP) is 4.61. The van der Waals surface area contributed by atoms with Crippen LogP contribution in [0.15, 0.2) is 59.3 Å². The average molecular weight is 311 g/mol. The monoisotopic (exact) mass is 310 g/mol. The highest BCUT2D eigenvalue weighted by Crippen LogP contribution is 2.26. The lowest BCUT2D eigenvalue weighted by Gasteiger charge is -2.01. The number of aromatic nitrogens is 3. The van der Waals surface area contributed by atoms with Crippen LogP contribution in [0.3, 0.4) is 0 Å². The van der Waals surface area contributed by atoms with E-state index < -0.39 is 0 Å². The highest BCUT2D eigenvalue weighted by molar-refractivity contribution is 6.30. The number of H-pyrrole nitrogens is 1. The van der Waals surface area contributed by atoms with Gasteiger partial charge in [-0.15, -0.1) is 0 Å². The molecular formula is C16H11ClN4O. The van der Waals surface area contributed by atoms with Gasteiger partial charge in [-0.25, -0.2) is 4.98 Å². The molecule has 0 saturated heterocycles. The number of aromatic amines is 1. The second-order valence-corrected chi connectivity index (χ2v) is 5.27. The van der Waals surface area contributed by atoms with Crippen molar-refractivity contribution < 1.29 is 4.42 Å². The molecule has 0 saturated carbocycles. The van der Waals surface area contributed by atoms with E-state index in [1.165, 1.54) is 0 Å². The number of rotatable bonds is 3. The van der Waals surface area contributed by atoms with Crippen molar-refractivity contribution in [1.29, 1.82) is 0 Å². The summed E-state index contributed by atoms with van der Waals surface area (Å²) in [6, 6.07) is 13.7. The maximum Gasteiger partial charge on any atom is 0.299 e. The number of oxazole rings is 1. The van der Waals surface area contributed by atoms with Gasteiger partial charge in [-0.2, -0.15) is 5.10 Å². The second-order valence-electron chi connectivity index (χ2n) is 4.83. The normalized spacial score (nSPS) is 11.0. The summed E-state index contributed by atoms with van der Waals surface area (Å²) in [6.45, 7) is 0. The van der Waals surface area contributed by atoms with Crippen molar-refractivity contribution in [2.75, 3.05) is 5.32 Å². The highest BCUT2D eigenvalue weighted by Gasteiger charge is 2.07. The molecule has 4 aromatic rings. The van der Waals surface area contributed by atoms with Crippen LogP contribution >= 0.6 is 11.6 Å². The fourth-order valence-corrected chi connectivity index (χ4v) is 2.35. The van der Waals surface area contributed by atoms with E-state index in [1.807, 2.05) is 42.5 Å². The summed E-state index contributed by atoms with van der Waals surface area (Å²) in [5.41, 5.74) is 2.80. The summed E-state index contributed by atoms with van der Waals surface area (Å²) in [6.07, 6.45) is 3.46. The molecule has 6 heteroatoms. The van der Waals surface area contributed by atoms with Gasteiger partial charge in [0.2, 0.25) is 0 Å². The van der Waals surface area contributed by atoms with E-state index in [2.05, 4.69) is 20.5 Å². The molecule has 0 amide bonds. The maximum atomic E-state index is 5.88. The molecule has 4 rings (SSSR count). The molecule has 22 heavy (non-hydrogen) atoms. The van der Waals surface area contributed by atoms with E-state index in [4.69, 9.17) is 16.0 Å². The lowest BCUT2D eigenvalue weighted by atomic mass is 10.2. The molecule has 2 heterocycles. The number of nitrogens with zero attached hydrogens (tertiary/aromatic N) is 2. The standard InChI is InChI=1S/C16H11ClN4O/c17-12-3-1-10(2-4-12)15-9-18-16(22-15)20-13-5-6-14-11(7-13)8-19-21-14/h1-9H,(H,18,20)(H,19,21). The molecule has 0 aliphatic carbocycles. The molecule has 0 spiro atoms. The van der Waals surface area contributed by atoms with Gasteiger partial charge in [0.05, 0.1) is 17.9 Å². The van der Waals surface area contributed by atoms with Crippen LogP contribution in [0.1, 0.15) is 0 Å². The predicted molar refractivity (Wildman–Crippen MR) is 86.3 cm³/mol. The Kier molecular flexibility index (Phi) is 3.05. The van der Waals surface area contributed by atoms with Crippen molar-refractivity contribution in [3.05, 3.63) is 59.9 Å². The molecule has 0 fully saturated rings. The zero-order valence-corrected chi connectivity index (χ0v) is 12.1. The fourth-order valence-electron chi connectivity index (χ4n) is 2.22. The third-order valence-electron chi connectivity index (χ3n) is 3.33. The first kappa shape index (κ1) is 12.9. The van der Waals surface area contributed by atoms with E-state index in [-0.39, 0.29) is 0 Å². The second kappa shape index (κ2) is 5.20. The molecular weight excluding hydrogens is 300 g/mol. The quantitative estimate of drug-likeness (QED) is 0.579. The molecule has 0 radical (unpaired) electrons. The fraction of sp³-hybridized carbons (Fsp3) is 0. The van der Waals surface area contributed by atoms with Crippen LogP contribution in [0.2, 0.25) is 5.02 Å². The van der Waals surface area contributed by atoms with Crippen molar-refractivity contribution in [2.24, 2.45) is 0 Å². The molecule has 0 bridgehead atoms. The lowest BCUT2D eigenvalue weighted by Crippen LogP contribution is -1.89. The molecule has 0 unspecified atom stereocenters. The minimum atomic E-state index is 0.438. The van der Waals surface area contributed by atoms with Crippen LogP contribution in [0.4, 0.5) is 11.7 Å². The Labute approximate surface area is 130 Å². The topological polar surface area (TPSA) is 66.7 Å². The van der Waals surface area contributed by atoms with Crippen LogP contribution in [-0.2, 0) is 0 Å². The van der Waals surface area contributed by atoms with Gasteiger partial charge < -0.3 is 9.73 Å². The highest BCUT2D eigenvalue weighted by atomic mass is 35.5. The molecule has 0 atom stereocenters. The van der Waals surface area contributed by atoms with Crippen LogP contribution < -0.4 is 5.32 Å². The third kappa shape index (κ3) is 2.42. The number of fused-ring (bicyclic) bond motifs is 1. The molecule has 0 aliphatic rings. The van der Waals surface area contributed by atoms with Crippen molar-refractivity contribution in [2.45, 2.75) is 0 Å². The first-order chi connectivity index (χ1) is 10.8.